The zero-order chi connectivity index (χ0) is 12.6. The van der Waals surface area contributed by atoms with E-state index in [1.165, 1.54) is 13.8 Å². The fourth-order valence-electron chi connectivity index (χ4n) is 1.69. The molecule has 0 fully saturated rings. The zero-order valence-electron chi connectivity index (χ0n) is 9.41. The van der Waals surface area contributed by atoms with Crippen LogP contribution < -0.4 is 0 Å². The van der Waals surface area contributed by atoms with Gasteiger partial charge in [0.05, 0.1) is 0 Å². The van der Waals surface area contributed by atoms with Crippen molar-refractivity contribution in [1.29, 1.82) is 0 Å². The van der Waals surface area contributed by atoms with Crippen molar-refractivity contribution >= 4 is 22.6 Å². The molecule has 0 saturated heterocycles. The van der Waals surface area contributed by atoms with Crippen molar-refractivity contribution in [3.05, 3.63) is 30.1 Å². The van der Waals surface area contributed by atoms with E-state index in [1.807, 2.05) is 24.3 Å². The molecule has 1 heterocycles. The zero-order valence-corrected chi connectivity index (χ0v) is 11.8. The van der Waals surface area contributed by atoms with Crippen LogP contribution >= 0.6 is 0 Å². The third-order valence-electron chi connectivity index (χ3n) is 2.64. The number of fused-ring (bicyclic) bond motifs is 1. The number of hydrogen-bond donors (Lipinski definition) is 1. The molecule has 0 aliphatic carbocycles. The first-order chi connectivity index (χ1) is 7.96. The Bertz CT molecular complexity index is 556. The van der Waals surface area contributed by atoms with E-state index in [2.05, 4.69) is 9.97 Å². The van der Waals surface area contributed by atoms with Crippen LogP contribution in [0.5, 0.6) is 0 Å². The van der Waals surface area contributed by atoms with Gasteiger partial charge in [0.15, 0.2) is 0 Å². The Morgan fingerprint density at radius 2 is 1.82 bits per heavy atom. The van der Waals surface area contributed by atoms with Crippen LogP contribution in [0.15, 0.2) is 24.3 Å². The van der Waals surface area contributed by atoms with E-state index in [0.29, 0.717) is 5.82 Å². The van der Waals surface area contributed by atoms with Crippen LogP contribution in [-0.4, -0.2) is 21.5 Å². The molecule has 0 bridgehead atoms. The number of ketones is 2. The molecule has 17 heavy (non-hydrogen) atoms. The molecular formula is C12H11IrN2O2. The van der Waals surface area contributed by atoms with Crippen molar-refractivity contribution in [3.8, 4) is 0 Å². The second-order valence-electron chi connectivity index (χ2n) is 3.84. The van der Waals surface area contributed by atoms with E-state index in [9.17, 15) is 9.59 Å². The molecule has 0 unspecified atom stereocenters. The molecule has 5 heteroatoms. The number of rotatable bonds is 3. The summed E-state index contributed by atoms with van der Waals surface area (Å²) in [7, 11) is 0. The van der Waals surface area contributed by atoms with Gasteiger partial charge in [0.1, 0.15) is 0 Å². The van der Waals surface area contributed by atoms with E-state index in [4.69, 9.17) is 0 Å². The molecule has 1 N–H and O–H groups in total. The number of imidazole rings is 1. The number of aromatic amines is 1. The summed E-state index contributed by atoms with van der Waals surface area (Å²) in [6.07, 6.45) is 0. The van der Waals surface area contributed by atoms with Crippen LogP contribution in [0.25, 0.3) is 11.0 Å². The summed E-state index contributed by atoms with van der Waals surface area (Å²) in [5.41, 5.74) is 1.59. The molecule has 0 spiro atoms. The molecule has 0 saturated carbocycles. The van der Waals surface area contributed by atoms with E-state index in [-0.39, 0.29) is 11.6 Å². The van der Waals surface area contributed by atoms with Gasteiger partial charge in [0.25, 0.3) is 0 Å². The van der Waals surface area contributed by atoms with Crippen molar-refractivity contribution in [3.63, 3.8) is 0 Å². The molecule has 0 radical (unpaired) electrons. The maximum atomic E-state index is 11.7. The van der Waals surface area contributed by atoms with Crippen LogP contribution in [0.4, 0.5) is 0 Å². The molecule has 2 rings (SSSR count). The summed E-state index contributed by atoms with van der Waals surface area (Å²) in [6.45, 7) is 2.82. The number of para-hydroxylation sites is 2. The van der Waals surface area contributed by atoms with E-state index in [0.717, 1.165) is 11.0 Å². The van der Waals surface area contributed by atoms with Gasteiger partial charge < -0.3 is 0 Å². The summed E-state index contributed by atoms with van der Waals surface area (Å²) in [5, 5.41) is 0. The predicted molar refractivity (Wildman–Crippen MR) is 59.1 cm³/mol. The molecule has 4 nitrogen and oxygen atoms in total. The number of benzene rings is 1. The van der Waals surface area contributed by atoms with E-state index in [1.54, 1.807) is 18.9 Å². The summed E-state index contributed by atoms with van der Waals surface area (Å²) in [4.78, 5) is 30.8. The van der Waals surface area contributed by atoms with Gasteiger partial charge in [-0.05, 0) is 0 Å². The second-order valence-corrected chi connectivity index (χ2v) is 5.64. The minimum absolute atomic E-state index is 0.205. The van der Waals surface area contributed by atoms with Gasteiger partial charge >= 0.3 is 109 Å². The van der Waals surface area contributed by atoms with Gasteiger partial charge in [-0.3, -0.25) is 0 Å². The Morgan fingerprint density at radius 3 is 2.35 bits per heavy atom. The third-order valence-corrected chi connectivity index (χ3v) is 4.90. The Hall–Kier alpha value is -1.32. The van der Waals surface area contributed by atoms with Crippen molar-refractivity contribution in [1.82, 2.24) is 9.97 Å². The Kier molecular flexibility index (Phi) is 2.98. The number of carbonyl (C=O) groups excluding carboxylic acids is 2. The molecular weight excluding hydrogens is 396 g/mol. The number of aromatic nitrogens is 2. The number of H-pyrrole nitrogens is 1. The number of Topliss-reactive ketones (excluding diaryl/α,β-unsaturated/α-hetero) is 2. The maximum absolute atomic E-state index is 11.7. The second kappa shape index (κ2) is 4.17. The van der Waals surface area contributed by atoms with Crippen LogP contribution in [-0.2, 0) is 32.4 Å². The van der Waals surface area contributed by atoms with E-state index < -0.39 is 3.93 Å². The van der Waals surface area contributed by atoms with Gasteiger partial charge in [-0.1, -0.05) is 0 Å². The SMILES string of the molecule is CC(=O)[C]([Ir])(C(C)=O)c1nc2ccccc2[nH]1. The average Bonchev–Trinajstić information content (AvgIpc) is 2.70. The summed E-state index contributed by atoms with van der Waals surface area (Å²) in [5.74, 6) is 0.00631. The third kappa shape index (κ3) is 1.85. The van der Waals surface area contributed by atoms with Crippen molar-refractivity contribution in [2.45, 2.75) is 17.8 Å². The fourth-order valence-corrected chi connectivity index (χ4v) is 1.98. The van der Waals surface area contributed by atoms with Crippen LogP contribution in [0.2, 0.25) is 0 Å². The number of hydrogen-bond acceptors (Lipinski definition) is 3. The number of nitrogens with zero attached hydrogens (tertiary/aromatic N) is 1. The topological polar surface area (TPSA) is 62.8 Å². The Balaban J connectivity index is 2.65. The first-order valence-corrected chi connectivity index (χ1v) is 6.30. The van der Waals surface area contributed by atoms with Crippen LogP contribution in [0.3, 0.4) is 0 Å². The fraction of sp³-hybridized carbons (Fsp3) is 0.250. The summed E-state index contributed by atoms with van der Waals surface area (Å²) in [6, 6.07) is 7.46. The molecule has 0 amide bonds. The quantitative estimate of drug-likeness (QED) is 0.785. The van der Waals surface area contributed by atoms with Crippen LogP contribution in [0, 0.1) is 0 Å². The van der Waals surface area contributed by atoms with Gasteiger partial charge in [-0.25, -0.2) is 0 Å². The Morgan fingerprint density at radius 1 is 1.24 bits per heavy atom. The Labute approximate surface area is 109 Å². The van der Waals surface area contributed by atoms with Gasteiger partial charge in [0.2, 0.25) is 0 Å². The summed E-state index contributed by atoms with van der Waals surface area (Å²) >= 11 is 1.61. The van der Waals surface area contributed by atoms with Crippen molar-refractivity contribution in [2.24, 2.45) is 0 Å². The predicted octanol–water partition coefficient (Wildman–Crippen LogP) is 1.48. The molecule has 0 aliphatic heterocycles. The number of carbonyl (C=O) groups is 2. The minimum atomic E-state index is -1.18. The average molecular weight is 407 g/mol. The normalized spacial score (nSPS) is 11.8. The molecule has 0 atom stereocenters. The van der Waals surface area contributed by atoms with Crippen molar-refractivity contribution < 1.29 is 28.5 Å². The first-order valence-electron chi connectivity index (χ1n) is 5.10. The monoisotopic (exact) mass is 408 g/mol. The van der Waals surface area contributed by atoms with E-state index >= 15 is 0 Å². The first kappa shape index (κ1) is 12.1. The molecule has 2 aromatic rings. The molecule has 90 valence electrons. The standard InChI is InChI=1S/C12H11N2O2.Ir/c1-7(15)11(8(2)16)12-13-9-5-3-4-6-10(9)14-12;/h3-6H,1-2H3,(H,13,14);. The molecule has 0 aliphatic rings. The van der Waals surface area contributed by atoms with Crippen LogP contribution in [0.1, 0.15) is 19.7 Å². The molecule has 1 aromatic heterocycles. The van der Waals surface area contributed by atoms with Gasteiger partial charge in [0, 0.05) is 0 Å². The van der Waals surface area contributed by atoms with Gasteiger partial charge in [-0.15, -0.1) is 0 Å². The number of nitrogens with one attached hydrogen (secondary N) is 1. The molecule has 1 aromatic carbocycles. The van der Waals surface area contributed by atoms with Crippen molar-refractivity contribution in [2.75, 3.05) is 0 Å². The summed E-state index contributed by atoms with van der Waals surface area (Å²) < 4.78 is -1.18. The van der Waals surface area contributed by atoms with Gasteiger partial charge in [-0.2, -0.15) is 0 Å².